The summed E-state index contributed by atoms with van der Waals surface area (Å²) < 4.78 is 21.6. The predicted molar refractivity (Wildman–Crippen MR) is 137 cm³/mol. The molecule has 2 aliphatic rings. The Morgan fingerprint density at radius 1 is 0.865 bits per heavy atom. The number of nitrogens with one attached hydrogen (secondary N) is 1. The normalized spacial score (nSPS) is 19.3. The van der Waals surface area contributed by atoms with Crippen LogP contribution in [0.15, 0.2) is 30.3 Å². The van der Waals surface area contributed by atoms with Crippen LogP contribution in [-0.4, -0.2) is 99.1 Å². The minimum absolute atomic E-state index is 0.152. The first-order valence-electron chi connectivity index (χ1n) is 13.4. The monoisotopic (exact) mass is 519 g/mol. The highest BCUT2D eigenvalue weighted by molar-refractivity contribution is 5.92. The summed E-state index contributed by atoms with van der Waals surface area (Å²) in [6.45, 7) is 6.93. The van der Waals surface area contributed by atoms with Crippen molar-refractivity contribution in [3.05, 3.63) is 35.9 Å². The number of likely N-dealkylation sites (tertiary alicyclic amines) is 2. The van der Waals surface area contributed by atoms with Crippen molar-refractivity contribution < 1.29 is 33.3 Å². The molecule has 1 N–H and O–H groups in total. The lowest BCUT2D eigenvalue weighted by molar-refractivity contribution is -0.141. The van der Waals surface area contributed by atoms with E-state index >= 15 is 0 Å². The first-order valence-corrected chi connectivity index (χ1v) is 13.4. The quantitative estimate of drug-likeness (QED) is 0.355. The number of hydrogen-bond acceptors (Lipinski definition) is 7. The smallest absolute Gasteiger partial charge is 0.410 e. The summed E-state index contributed by atoms with van der Waals surface area (Å²) in [4.78, 5) is 42.1. The largest absolute Gasteiger partial charge is 0.445 e. The van der Waals surface area contributed by atoms with E-state index in [0.717, 1.165) is 18.4 Å². The Bertz CT molecular complexity index is 839. The summed E-state index contributed by atoms with van der Waals surface area (Å²) in [7, 11) is 0. The van der Waals surface area contributed by atoms with Gasteiger partial charge in [-0.1, -0.05) is 30.3 Å². The molecule has 3 rings (SSSR count). The van der Waals surface area contributed by atoms with E-state index in [1.807, 2.05) is 37.3 Å². The number of rotatable bonds is 15. The van der Waals surface area contributed by atoms with Gasteiger partial charge in [-0.25, -0.2) is 4.79 Å². The van der Waals surface area contributed by atoms with Crippen molar-refractivity contribution in [2.45, 2.75) is 57.7 Å². The number of carbonyl (C=O) groups excluding carboxylic acids is 3. The van der Waals surface area contributed by atoms with Gasteiger partial charge in [0, 0.05) is 32.8 Å². The first-order chi connectivity index (χ1) is 18.1. The Kier molecular flexibility index (Phi) is 12.7. The van der Waals surface area contributed by atoms with Crippen molar-refractivity contribution in [2.75, 3.05) is 59.3 Å². The van der Waals surface area contributed by atoms with Crippen LogP contribution in [0.2, 0.25) is 0 Å². The summed E-state index contributed by atoms with van der Waals surface area (Å²) in [6, 6.07) is 8.37. The van der Waals surface area contributed by atoms with Crippen molar-refractivity contribution in [1.29, 1.82) is 0 Å². The zero-order valence-corrected chi connectivity index (χ0v) is 21.9. The number of amides is 3. The molecule has 0 aliphatic carbocycles. The highest BCUT2D eigenvalue weighted by Crippen LogP contribution is 2.25. The topological polar surface area (TPSA) is 107 Å². The summed E-state index contributed by atoms with van der Waals surface area (Å²) in [5.41, 5.74) is 0.894. The standard InChI is InChI=1S/C27H41N3O7/c1-2-34-17-18-36-20-19-35-16-8-13-28-25(31)23-11-6-14-29(23)26(32)24-12-7-15-30(24)27(33)37-21-22-9-4-3-5-10-22/h3-5,9-10,23-24H,2,6-8,11-21H2,1H3,(H,28,31)/t23-,24-/m0/s1. The molecule has 0 bridgehead atoms. The second-order valence-corrected chi connectivity index (χ2v) is 9.15. The van der Waals surface area contributed by atoms with Gasteiger partial charge in [-0.05, 0) is 44.6 Å². The second-order valence-electron chi connectivity index (χ2n) is 9.15. The maximum absolute atomic E-state index is 13.4. The molecule has 2 fully saturated rings. The zero-order chi connectivity index (χ0) is 26.3. The Morgan fingerprint density at radius 3 is 2.24 bits per heavy atom. The number of nitrogens with zero attached hydrogens (tertiary/aromatic N) is 2. The fourth-order valence-electron chi connectivity index (χ4n) is 4.63. The molecule has 10 heteroatoms. The molecule has 206 valence electrons. The third kappa shape index (κ3) is 9.28. The van der Waals surface area contributed by atoms with Gasteiger partial charge in [-0.3, -0.25) is 14.5 Å². The van der Waals surface area contributed by atoms with E-state index in [2.05, 4.69) is 5.32 Å². The van der Waals surface area contributed by atoms with E-state index in [4.69, 9.17) is 18.9 Å². The van der Waals surface area contributed by atoms with E-state index in [1.54, 1.807) is 4.90 Å². The van der Waals surface area contributed by atoms with Gasteiger partial charge in [0.05, 0.1) is 26.4 Å². The van der Waals surface area contributed by atoms with Crippen molar-refractivity contribution >= 4 is 17.9 Å². The molecule has 2 saturated heterocycles. The van der Waals surface area contributed by atoms with E-state index in [1.165, 1.54) is 4.90 Å². The van der Waals surface area contributed by atoms with Gasteiger partial charge in [-0.2, -0.15) is 0 Å². The molecule has 2 atom stereocenters. The number of carbonyl (C=O) groups is 3. The molecule has 0 radical (unpaired) electrons. The molecule has 10 nitrogen and oxygen atoms in total. The molecular formula is C27H41N3O7. The molecule has 1 aromatic rings. The van der Waals surface area contributed by atoms with Crippen LogP contribution in [-0.2, 0) is 35.1 Å². The Hall–Kier alpha value is -2.69. The van der Waals surface area contributed by atoms with Gasteiger partial charge >= 0.3 is 6.09 Å². The van der Waals surface area contributed by atoms with Crippen molar-refractivity contribution in [1.82, 2.24) is 15.1 Å². The molecule has 0 spiro atoms. The summed E-state index contributed by atoms with van der Waals surface area (Å²) >= 11 is 0. The minimum atomic E-state index is -0.583. The van der Waals surface area contributed by atoms with Gasteiger partial charge in [-0.15, -0.1) is 0 Å². The fraction of sp³-hybridized carbons (Fsp3) is 0.667. The Labute approximate surface area is 219 Å². The van der Waals surface area contributed by atoms with Gasteiger partial charge in [0.25, 0.3) is 0 Å². The first kappa shape index (κ1) is 28.9. The third-order valence-electron chi connectivity index (χ3n) is 6.53. The molecule has 1 aromatic carbocycles. The average molecular weight is 520 g/mol. The van der Waals surface area contributed by atoms with Crippen molar-refractivity contribution in [3.8, 4) is 0 Å². The lowest BCUT2D eigenvalue weighted by atomic mass is 10.1. The average Bonchev–Trinajstić information content (AvgIpc) is 3.61. The Morgan fingerprint density at radius 2 is 1.51 bits per heavy atom. The maximum atomic E-state index is 13.4. The Balaban J connectivity index is 1.36. The van der Waals surface area contributed by atoms with Crippen LogP contribution >= 0.6 is 0 Å². The third-order valence-corrected chi connectivity index (χ3v) is 6.53. The van der Waals surface area contributed by atoms with Gasteiger partial charge in [0.1, 0.15) is 18.7 Å². The van der Waals surface area contributed by atoms with Crippen LogP contribution in [0.4, 0.5) is 4.79 Å². The molecule has 0 unspecified atom stereocenters. The lowest BCUT2D eigenvalue weighted by Gasteiger charge is -2.30. The molecule has 0 saturated carbocycles. The number of benzene rings is 1. The van der Waals surface area contributed by atoms with Crippen LogP contribution in [0.5, 0.6) is 0 Å². The van der Waals surface area contributed by atoms with Crippen molar-refractivity contribution in [2.24, 2.45) is 0 Å². The number of ether oxygens (including phenoxy) is 4. The summed E-state index contributed by atoms with van der Waals surface area (Å²) in [5.74, 6) is -0.319. The van der Waals surface area contributed by atoms with Gasteiger partial charge < -0.3 is 29.2 Å². The van der Waals surface area contributed by atoms with Crippen LogP contribution in [0.3, 0.4) is 0 Å². The molecule has 0 aromatic heterocycles. The van der Waals surface area contributed by atoms with Crippen molar-refractivity contribution in [3.63, 3.8) is 0 Å². The highest BCUT2D eigenvalue weighted by atomic mass is 16.6. The van der Waals surface area contributed by atoms with Gasteiger partial charge in [0.2, 0.25) is 11.8 Å². The number of hydrogen-bond donors (Lipinski definition) is 1. The fourth-order valence-corrected chi connectivity index (χ4v) is 4.63. The van der Waals surface area contributed by atoms with Crippen LogP contribution in [0.1, 0.15) is 44.6 Å². The maximum Gasteiger partial charge on any atom is 0.410 e. The molecule has 3 amide bonds. The lowest BCUT2D eigenvalue weighted by Crippen LogP contribution is -2.53. The molecule has 2 aliphatic heterocycles. The SMILES string of the molecule is CCOCCOCCOCCCNC(=O)[C@@H]1CCCN1C(=O)[C@@H]1CCCN1C(=O)OCc1ccccc1. The van der Waals surface area contributed by atoms with Crippen LogP contribution < -0.4 is 5.32 Å². The second kappa shape index (κ2) is 16.2. The summed E-state index contributed by atoms with van der Waals surface area (Å²) in [5, 5.41) is 2.93. The minimum Gasteiger partial charge on any atom is -0.445 e. The van der Waals surface area contributed by atoms with E-state index in [0.29, 0.717) is 78.5 Å². The molecular weight excluding hydrogens is 478 g/mol. The predicted octanol–water partition coefficient (Wildman–Crippen LogP) is 2.35. The van der Waals surface area contributed by atoms with E-state index in [-0.39, 0.29) is 18.4 Å². The van der Waals surface area contributed by atoms with E-state index < -0.39 is 18.2 Å². The zero-order valence-electron chi connectivity index (χ0n) is 21.9. The van der Waals surface area contributed by atoms with Gasteiger partial charge in [0.15, 0.2) is 0 Å². The highest BCUT2D eigenvalue weighted by Gasteiger charge is 2.42. The van der Waals surface area contributed by atoms with E-state index in [9.17, 15) is 14.4 Å². The van der Waals surface area contributed by atoms with Crippen LogP contribution in [0, 0.1) is 0 Å². The molecule has 2 heterocycles. The van der Waals surface area contributed by atoms with Crippen LogP contribution in [0.25, 0.3) is 0 Å². The summed E-state index contributed by atoms with van der Waals surface area (Å²) in [6.07, 6.45) is 2.89. The molecule has 37 heavy (non-hydrogen) atoms.